The van der Waals surface area contributed by atoms with E-state index < -0.39 is 0 Å². The maximum Gasteiger partial charge on any atom is 0.223 e. The smallest absolute Gasteiger partial charge is 0.223 e. The molecule has 2 aromatic rings. The predicted molar refractivity (Wildman–Crippen MR) is 115 cm³/mol. The Morgan fingerprint density at radius 1 is 1.30 bits per heavy atom. The number of hydrogen-bond acceptors (Lipinski definition) is 8. The molecule has 1 unspecified atom stereocenters. The first-order valence-corrected chi connectivity index (χ1v) is 9.97. The van der Waals surface area contributed by atoms with Crippen molar-refractivity contribution in [1.29, 1.82) is 5.26 Å². The number of nitrogens with two attached hydrogens (primary N) is 1. The number of carbonyl (C=O) groups is 1. The molecule has 1 aromatic heterocycles. The Morgan fingerprint density at radius 3 is 2.77 bits per heavy atom. The molecule has 4 rings (SSSR count). The Labute approximate surface area is 175 Å². The third-order valence-corrected chi connectivity index (χ3v) is 5.53. The summed E-state index contributed by atoms with van der Waals surface area (Å²) in [5.41, 5.74) is 8.48. The Bertz CT molecular complexity index is 1010. The number of amides is 1. The summed E-state index contributed by atoms with van der Waals surface area (Å²) in [5, 5.41) is 19.0. The molecule has 0 bridgehead atoms. The first kappa shape index (κ1) is 19.6. The van der Waals surface area contributed by atoms with Crippen molar-refractivity contribution >= 4 is 23.8 Å². The van der Waals surface area contributed by atoms with Crippen LogP contribution in [-0.4, -0.2) is 59.8 Å². The van der Waals surface area contributed by atoms with Crippen molar-refractivity contribution in [2.75, 3.05) is 36.9 Å². The van der Waals surface area contributed by atoms with Crippen LogP contribution in [0.3, 0.4) is 0 Å². The largest absolute Gasteiger partial charge is 0.370 e. The number of carbonyl (C=O) groups excluding carboxylic acids is 1. The molecule has 30 heavy (non-hydrogen) atoms. The van der Waals surface area contributed by atoms with Gasteiger partial charge in [-0.25, -0.2) is 9.97 Å². The normalized spacial score (nSPS) is 19.0. The number of hydrogen-bond donors (Lipinski definition) is 2. The highest BCUT2D eigenvalue weighted by Crippen LogP contribution is 2.30. The van der Waals surface area contributed by atoms with Gasteiger partial charge in [0.2, 0.25) is 11.9 Å². The van der Waals surface area contributed by atoms with E-state index in [1.54, 1.807) is 6.20 Å². The van der Waals surface area contributed by atoms with E-state index >= 15 is 0 Å². The van der Waals surface area contributed by atoms with Gasteiger partial charge in [-0.1, -0.05) is 6.07 Å². The van der Waals surface area contributed by atoms with E-state index in [0.29, 0.717) is 37.4 Å². The molecule has 2 aliphatic rings. The Morgan fingerprint density at radius 2 is 2.10 bits per heavy atom. The molecule has 1 saturated heterocycles. The summed E-state index contributed by atoms with van der Waals surface area (Å²) < 4.78 is 0. The number of nitrogens with one attached hydrogen (secondary N) is 1. The van der Waals surface area contributed by atoms with E-state index in [1.165, 1.54) is 0 Å². The van der Waals surface area contributed by atoms with E-state index in [1.807, 2.05) is 42.5 Å². The van der Waals surface area contributed by atoms with Gasteiger partial charge in [0.15, 0.2) is 0 Å². The molecule has 1 fully saturated rings. The molecule has 3 N–H and O–H groups in total. The fourth-order valence-electron chi connectivity index (χ4n) is 3.88. The molecule has 9 nitrogen and oxygen atoms in total. The lowest BCUT2D eigenvalue weighted by Gasteiger charge is -2.33. The predicted octanol–water partition coefficient (Wildman–Crippen LogP) is 1.43. The number of aromatic nitrogens is 2. The van der Waals surface area contributed by atoms with Crippen molar-refractivity contribution in [3.8, 4) is 17.3 Å². The van der Waals surface area contributed by atoms with Crippen LogP contribution in [0.1, 0.15) is 18.4 Å². The average Bonchev–Trinajstić information content (AvgIpc) is 3.18. The fourth-order valence-corrected chi connectivity index (χ4v) is 3.88. The first-order chi connectivity index (χ1) is 14.5. The van der Waals surface area contributed by atoms with Gasteiger partial charge in [-0.3, -0.25) is 9.80 Å². The van der Waals surface area contributed by atoms with Crippen LogP contribution >= 0.6 is 0 Å². The summed E-state index contributed by atoms with van der Waals surface area (Å²) in [6, 6.07) is 9.96. The third kappa shape index (κ3) is 4.17. The van der Waals surface area contributed by atoms with Crippen molar-refractivity contribution in [1.82, 2.24) is 15.0 Å². The van der Waals surface area contributed by atoms with Gasteiger partial charge in [0.05, 0.1) is 29.5 Å². The minimum absolute atomic E-state index is 0.0608. The fraction of sp³-hybridized carbons (Fsp3) is 0.381. The van der Waals surface area contributed by atoms with Gasteiger partial charge in [-0.2, -0.15) is 10.4 Å². The van der Waals surface area contributed by atoms with Gasteiger partial charge in [0.1, 0.15) is 6.07 Å². The summed E-state index contributed by atoms with van der Waals surface area (Å²) in [6.07, 6.45) is 4.96. The van der Waals surface area contributed by atoms with E-state index in [-0.39, 0.29) is 17.9 Å². The van der Waals surface area contributed by atoms with Gasteiger partial charge in [-0.15, -0.1) is 0 Å². The summed E-state index contributed by atoms with van der Waals surface area (Å²) in [4.78, 5) is 22.4. The molecule has 154 valence electrons. The molecule has 1 amide bonds. The monoisotopic (exact) mass is 404 g/mol. The van der Waals surface area contributed by atoms with E-state index in [9.17, 15) is 10.1 Å². The number of nitriles is 1. The first-order valence-electron chi connectivity index (χ1n) is 9.97. The van der Waals surface area contributed by atoms with Crippen LogP contribution in [0.4, 0.5) is 11.6 Å². The zero-order valence-electron chi connectivity index (χ0n) is 16.8. The topological polar surface area (TPSA) is 124 Å². The number of piperidine rings is 1. The van der Waals surface area contributed by atoms with Crippen LogP contribution in [0, 0.1) is 17.2 Å². The molecule has 1 aromatic carbocycles. The van der Waals surface area contributed by atoms with E-state index in [2.05, 4.69) is 31.4 Å². The minimum Gasteiger partial charge on any atom is -0.370 e. The number of nitrogens with zero attached hydrogens (tertiary/aromatic N) is 6. The Hall–Kier alpha value is -3.67. The van der Waals surface area contributed by atoms with Crippen LogP contribution < -0.4 is 16.0 Å². The van der Waals surface area contributed by atoms with Crippen molar-refractivity contribution in [3.63, 3.8) is 0 Å². The Kier molecular flexibility index (Phi) is 5.48. The second-order valence-electron chi connectivity index (χ2n) is 7.63. The number of rotatable bonds is 5. The summed E-state index contributed by atoms with van der Waals surface area (Å²) >= 11 is 0. The molecule has 2 aliphatic heterocycles. The number of anilines is 2. The zero-order valence-corrected chi connectivity index (χ0v) is 16.8. The summed E-state index contributed by atoms with van der Waals surface area (Å²) in [5.74, 6) is 0.201. The average molecular weight is 404 g/mol. The zero-order chi connectivity index (χ0) is 21.1. The third-order valence-electron chi connectivity index (χ3n) is 5.53. The van der Waals surface area contributed by atoms with E-state index in [0.717, 1.165) is 23.5 Å². The second-order valence-corrected chi connectivity index (χ2v) is 7.63. The van der Waals surface area contributed by atoms with Crippen molar-refractivity contribution in [3.05, 3.63) is 36.0 Å². The number of hydrazone groups is 1. The highest BCUT2D eigenvalue weighted by atomic mass is 16.1. The van der Waals surface area contributed by atoms with Crippen molar-refractivity contribution < 1.29 is 4.79 Å². The van der Waals surface area contributed by atoms with Crippen LogP contribution in [0.2, 0.25) is 0 Å². The maximum atomic E-state index is 11.4. The lowest BCUT2D eigenvalue weighted by atomic mass is 9.95. The number of benzene rings is 1. The van der Waals surface area contributed by atoms with Gasteiger partial charge >= 0.3 is 0 Å². The molecular weight excluding hydrogens is 380 g/mol. The summed E-state index contributed by atoms with van der Waals surface area (Å²) in [7, 11) is 1.91. The van der Waals surface area contributed by atoms with Crippen LogP contribution in [0.5, 0.6) is 0 Å². The van der Waals surface area contributed by atoms with Gasteiger partial charge in [0, 0.05) is 44.0 Å². The number of likely N-dealkylation sites (N-methyl/N-ethyl adjacent to an activating group) is 1. The van der Waals surface area contributed by atoms with Crippen LogP contribution in [0.25, 0.3) is 11.3 Å². The molecule has 9 heteroatoms. The highest BCUT2D eigenvalue weighted by Gasteiger charge is 2.24. The second kappa shape index (κ2) is 8.37. The molecule has 3 heterocycles. The van der Waals surface area contributed by atoms with Crippen LogP contribution in [0.15, 0.2) is 35.6 Å². The highest BCUT2D eigenvalue weighted by molar-refractivity contribution is 5.77. The van der Waals surface area contributed by atoms with Crippen molar-refractivity contribution in [2.24, 2.45) is 16.8 Å². The SMILES string of the molecule is CN1CC(Nc2nccc(-c3ccc(N4CCC(C(N)=O)CC4)c(C#N)c3)n2)C=N1. The lowest BCUT2D eigenvalue weighted by Crippen LogP contribution is -2.38. The quantitative estimate of drug-likeness (QED) is 0.772. The lowest BCUT2D eigenvalue weighted by molar-refractivity contribution is -0.122. The van der Waals surface area contributed by atoms with E-state index in [4.69, 9.17) is 5.73 Å². The molecule has 1 atom stereocenters. The molecule has 0 spiro atoms. The maximum absolute atomic E-state index is 11.4. The van der Waals surface area contributed by atoms with Crippen LogP contribution in [-0.2, 0) is 4.79 Å². The number of primary amides is 1. The van der Waals surface area contributed by atoms with Gasteiger partial charge in [0.25, 0.3) is 0 Å². The van der Waals surface area contributed by atoms with Gasteiger partial charge < -0.3 is 16.0 Å². The summed E-state index contributed by atoms with van der Waals surface area (Å²) in [6.45, 7) is 2.18. The molecule has 0 saturated carbocycles. The van der Waals surface area contributed by atoms with Crippen molar-refractivity contribution in [2.45, 2.75) is 18.9 Å². The van der Waals surface area contributed by atoms with Gasteiger partial charge in [-0.05, 0) is 31.0 Å². The molecule has 0 aliphatic carbocycles. The molecular formula is C21H24N8O. The Balaban J connectivity index is 1.52. The molecule has 0 radical (unpaired) electrons. The standard InChI is InChI=1S/C21H24N8O/c1-28-13-17(12-25-28)26-21-24-7-4-18(27-21)15-2-3-19(16(10-15)11-22)29-8-5-14(6-9-29)20(23)30/h2-4,7,10,12,14,17H,5-6,8-9,13H2,1H3,(H2,23,30)(H,24,26,27). The minimum atomic E-state index is -0.241.